The van der Waals surface area contributed by atoms with Gasteiger partial charge in [-0.25, -0.2) is 0 Å². The first-order chi connectivity index (χ1) is 5.35. The summed E-state index contributed by atoms with van der Waals surface area (Å²) in [6.07, 6.45) is 1.26. The largest absolute Gasteiger partial charge is 0.395 e. The zero-order chi connectivity index (χ0) is 7.73. The molecule has 2 aliphatic rings. The molecule has 0 bridgehead atoms. The maximum absolute atomic E-state index is 8.71. The molecule has 0 aromatic heterocycles. The van der Waals surface area contributed by atoms with Crippen LogP contribution in [0.15, 0.2) is 0 Å². The van der Waals surface area contributed by atoms with Crippen molar-refractivity contribution < 1.29 is 9.84 Å². The van der Waals surface area contributed by atoms with Gasteiger partial charge in [-0.3, -0.25) is 0 Å². The lowest BCUT2D eigenvalue weighted by Crippen LogP contribution is -2.44. The Hall–Kier alpha value is -0.120. The molecule has 2 rings (SSSR count). The van der Waals surface area contributed by atoms with Crippen LogP contribution in [-0.4, -0.2) is 49.5 Å². The summed E-state index contributed by atoms with van der Waals surface area (Å²) in [6.45, 7) is 5.28. The van der Waals surface area contributed by atoms with Crippen LogP contribution in [0.4, 0.5) is 0 Å². The van der Waals surface area contributed by atoms with Gasteiger partial charge in [0.15, 0.2) is 0 Å². The SMILES string of the molecule is OCCN1CCC2(COC2)C1. The Morgan fingerprint density at radius 3 is 2.73 bits per heavy atom. The summed E-state index contributed by atoms with van der Waals surface area (Å²) < 4.78 is 5.20. The second-order valence-corrected chi connectivity index (χ2v) is 3.74. The summed E-state index contributed by atoms with van der Waals surface area (Å²) in [4.78, 5) is 2.32. The first kappa shape index (κ1) is 7.53. The molecule has 0 radical (unpaired) electrons. The van der Waals surface area contributed by atoms with E-state index in [0.29, 0.717) is 5.41 Å². The van der Waals surface area contributed by atoms with Crippen molar-refractivity contribution in [3.05, 3.63) is 0 Å². The number of aliphatic hydroxyl groups excluding tert-OH is 1. The Kier molecular flexibility index (Phi) is 1.87. The highest BCUT2D eigenvalue weighted by Crippen LogP contribution is 2.36. The van der Waals surface area contributed by atoms with E-state index in [9.17, 15) is 0 Å². The summed E-state index contributed by atoms with van der Waals surface area (Å²) >= 11 is 0. The molecule has 0 aromatic carbocycles. The fourth-order valence-electron chi connectivity index (χ4n) is 1.99. The third-order valence-corrected chi connectivity index (χ3v) is 2.75. The highest BCUT2D eigenvalue weighted by molar-refractivity contribution is 4.94. The highest BCUT2D eigenvalue weighted by Gasteiger charge is 2.43. The molecular formula is C8H15NO2. The molecule has 0 saturated carbocycles. The van der Waals surface area contributed by atoms with E-state index < -0.39 is 0 Å². The Morgan fingerprint density at radius 2 is 2.27 bits per heavy atom. The van der Waals surface area contributed by atoms with Crippen LogP contribution in [0.1, 0.15) is 6.42 Å². The molecule has 64 valence electrons. The highest BCUT2D eigenvalue weighted by atomic mass is 16.5. The molecule has 0 amide bonds. The van der Waals surface area contributed by atoms with Gasteiger partial charge < -0.3 is 14.7 Å². The van der Waals surface area contributed by atoms with Gasteiger partial charge in [0.05, 0.1) is 19.8 Å². The molecule has 2 heterocycles. The van der Waals surface area contributed by atoms with Gasteiger partial charge in [-0.05, 0) is 13.0 Å². The van der Waals surface area contributed by atoms with Crippen LogP contribution in [0, 0.1) is 5.41 Å². The maximum Gasteiger partial charge on any atom is 0.0558 e. The van der Waals surface area contributed by atoms with Crippen LogP contribution in [0.3, 0.4) is 0 Å². The Bertz CT molecular complexity index is 145. The van der Waals surface area contributed by atoms with Crippen molar-refractivity contribution in [1.82, 2.24) is 4.90 Å². The van der Waals surface area contributed by atoms with E-state index in [1.165, 1.54) is 6.42 Å². The summed E-state index contributed by atoms with van der Waals surface area (Å²) in [7, 11) is 0. The number of hydrogen-bond donors (Lipinski definition) is 1. The number of β-amino-alcohol motifs (C(OH)–C–C–N with tert-alkyl or cyclic N) is 1. The number of ether oxygens (including phenoxy) is 1. The van der Waals surface area contributed by atoms with E-state index in [4.69, 9.17) is 9.84 Å². The summed E-state index contributed by atoms with van der Waals surface area (Å²) in [5.41, 5.74) is 0.481. The molecule has 0 aromatic rings. The van der Waals surface area contributed by atoms with E-state index in [1.807, 2.05) is 0 Å². The molecule has 1 N–H and O–H groups in total. The van der Waals surface area contributed by atoms with Crippen molar-refractivity contribution in [2.75, 3.05) is 39.5 Å². The van der Waals surface area contributed by atoms with Crippen LogP contribution in [-0.2, 0) is 4.74 Å². The third-order valence-electron chi connectivity index (χ3n) is 2.75. The fraction of sp³-hybridized carbons (Fsp3) is 1.00. The van der Waals surface area contributed by atoms with Crippen molar-refractivity contribution in [2.24, 2.45) is 5.41 Å². The number of nitrogens with zero attached hydrogens (tertiary/aromatic N) is 1. The first-order valence-corrected chi connectivity index (χ1v) is 4.26. The van der Waals surface area contributed by atoms with E-state index >= 15 is 0 Å². The van der Waals surface area contributed by atoms with E-state index in [1.54, 1.807) is 0 Å². The van der Waals surface area contributed by atoms with Gasteiger partial charge in [0, 0.05) is 18.5 Å². The minimum Gasteiger partial charge on any atom is -0.395 e. The number of hydrogen-bond acceptors (Lipinski definition) is 3. The predicted octanol–water partition coefficient (Wildman–Crippen LogP) is -0.299. The van der Waals surface area contributed by atoms with Gasteiger partial charge in [0.1, 0.15) is 0 Å². The molecule has 11 heavy (non-hydrogen) atoms. The molecule has 0 atom stereocenters. The monoisotopic (exact) mass is 157 g/mol. The average molecular weight is 157 g/mol. The van der Waals surface area contributed by atoms with Crippen molar-refractivity contribution in [3.8, 4) is 0 Å². The number of aliphatic hydroxyl groups is 1. The lowest BCUT2D eigenvalue weighted by Gasteiger charge is -2.37. The number of rotatable bonds is 2. The normalized spacial score (nSPS) is 29.2. The van der Waals surface area contributed by atoms with Crippen molar-refractivity contribution in [2.45, 2.75) is 6.42 Å². The lowest BCUT2D eigenvalue weighted by atomic mass is 9.85. The van der Waals surface area contributed by atoms with Crippen molar-refractivity contribution in [1.29, 1.82) is 0 Å². The molecule has 3 heteroatoms. The Balaban J connectivity index is 1.83. The Morgan fingerprint density at radius 1 is 1.45 bits per heavy atom. The summed E-state index contributed by atoms with van der Waals surface area (Å²) in [5, 5.41) is 8.71. The molecule has 2 fully saturated rings. The van der Waals surface area contributed by atoms with Crippen LogP contribution in [0.5, 0.6) is 0 Å². The third kappa shape index (κ3) is 1.28. The van der Waals surface area contributed by atoms with Gasteiger partial charge in [0.2, 0.25) is 0 Å². The van der Waals surface area contributed by atoms with Crippen LogP contribution in [0.25, 0.3) is 0 Å². The van der Waals surface area contributed by atoms with Gasteiger partial charge >= 0.3 is 0 Å². The quantitative estimate of drug-likeness (QED) is 0.597. The van der Waals surface area contributed by atoms with Crippen molar-refractivity contribution in [3.63, 3.8) is 0 Å². The lowest BCUT2D eigenvalue weighted by molar-refractivity contribution is -0.105. The molecular weight excluding hydrogens is 142 g/mol. The zero-order valence-electron chi connectivity index (χ0n) is 6.75. The van der Waals surface area contributed by atoms with Crippen LogP contribution < -0.4 is 0 Å². The minimum atomic E-state index is 0.289. The predicted molar refractivity (Wildman–Crippen MR) is 41.4 cm³/mol. The fourth-order valence-corrected chi connectivity index (χ4v) is 1.99. The molecule has 1 spiro atoms. The van der Waals surface area contributed by atoms with E-state index in [2.05, 4.69) is 4.90 Å². The van der Waals surface area contributed by atoms with Crippen LogP contribution in [0.2, 0.25) is 0 Å². The van der Waals surface area contributed by atoms with E-state index in [-0.39, 0.29) is 6.61 Å². The molecule has 0 unspecified atom stereocenters. The van der Waals surface area contributed by atoms with E-state index in [0.717, 1.165) is 32.8 Å². The minimum absolute atomic E-state index is 0.289. The van der Waals surface area contributed by atoms with Gasteiger partial charge in [-0.15, -0.1) is 0 Å². The maximum atomic E-state index is 8.71. The Labute approximate surface area is 66.9 Å². The van der Waals surface area contributed by atoms with Crippen LogP contribution >= 0.6 is 0 Å². The smallest absolute Gasteiger partial charge is 0.0558 e. The first-order valence-electron chi connectivity index (χ1n) is 4.26. The topological polar surface area (TPSA) is 32.7 Å². The molecule has 3 nitrogen and oxygen atoms in total. The van der Waals surface area contributed by atoms with Gasteiger partial charge in [-0.2, -0.15) is 0 Å². The molecule has 2 saturated heterocycles. The molecule has 2 aliphatic heterocycles. The summed E-state index contributed by atoms with van der Waals surface area (Å²) in [6, 6.07) is 0. The standard InChI is InChI=1S/C8H15NO2/c10-4-3-9-2-1-8(5-9)6-11-7-8/h10H,1-7H2. The average Bonchev–Trinajstić information content (AvgIpc) is 2.32. The summed E-state index contributed by atoms with van der Waals surface area (Å²) in [5.74, 6) is 0. The molecule has 0 aliphatic carbocycles. The zero-order valence-corrected chi connectivity index (χ0v) is 6.75. The second-order valence-electron chi connectivity index (χ2n) is 3.74. The van der Waals surface area contributed by atoms with Crippen molar-refractivity contribution >= 4 is 0 Å². The second kappa shape index (κ2) is 2.73. The van der Waals surface area contributed by atoms with Gasteiger partial charge in [-0.1, -0.05) is 0 Å². The van der Waals surface area contributed by atoms with Gasteiger partial charge in [0.25, 0.3) is 0 Å². The number of likely N-dealkylation sites (tertiary alicyclic amines) is 1.